The van der Waals surface area contributed by atoms with Crippen LogP contribution in [-0.4, -0.2) is 34.8 Å². The SMILES string of the molecule is CC(=O)[O-].CC(=O)[O-].CC(=O)[O-].CC(=O)[O-].O.O.[Zn+2].[Zn+2]. The average molecular weight is 403 g/mol. The minimum absolute atomic E-state index is 0. The van der Waals surface area contributed by atoms with Crippen LogP contribution in [0, 0.1) is 0 Å². The van der Waals surface area contributed by atoms with Crippen molar-refractivity contribution >= 4 is 23.9 Å². The second-order valence-corrected chi connectivity index (χ2v) is 1.97. The van der Waals surface area contributed by atoms with Crippen LogP contribution in [0.5, 0.6) is 0 Å². The van der Waals surface area contributed by atoms with E-state index in [9.17, 15) is 0 Å². The van der Waals surface area contributed by atoms with Gasteiger partial charge in [0.05, 0.1) is 0 Å². The average Bonchev–Trinajstić information content (AvgIpc) is 1.76. The van der Waals surface area contributed by atoms with Crippen molar-refractivity contribution in [1.29, 1.82) is 0 Å². The van der Waals surface area contributed by atoms with Gasteiger partial charge in [-0.15, -0.1) is 0 Å². The molecule has 112 valence electrons. The molecule has 0 saturated heterocycles. The smallest absolute Gasteiger partial charge is 0.550 e. The van der Waals surface area contributed by atoms with Crippen molar-refractivity contribution in [2.75, 3.05) is 0 Å². The summed E-state index contributed by atoms with van der Waals surface area (Å²) in [6.45, 7) is 3.89. The predicted molar refractivity (Wildman–Crippen MR) is 50.0 cm³/mol. The van der Waals surface area contributed by atoms with Gasteiger partial charge in [-0.05, 0) is 27.7 Å². The van der Waals surface area contributed by atoms with Gasteiger partial charge in [-0.2, -0.15) is 0 Å². The standard InChI is InChI=1S/4C2H4O2.2H2O.2Zn/c4*1-2(3)4;;;;/h4*1H3,(H,3,4);2*1H2;;/q;;;;;;2*+2/p-4. The summed E-state index contributed by atoms with van der Waals surface area (Å²) < 4.78 is 0. The Bertz CT molecular complexity index is 167. The third-order valence-electron chi connectivity index (χ3n) is 0. The molecule has 20 heavy (non-hydrogen) atoms. The van der Waals surface area contributed by atoms with E-state index in [4.69, 9.17) is 39.6 Å². The summed E-state index contributed by atoms with van der Waals surface area (Å²) in [6.07, 6.45) is 0. The Morgan fingerprint density at radius 2 is 0.500 bits per heavy atom. The first kappa shape index (κ1) is 50.8. The first-order valence-electron chi connectivity index (χ1n) is 3.63. The van der Waals surface area contributed by atoms with Gasteiger partial charge in [0, 0.05) is 23.9 Å². The van der Waals surface area contributed by atoms with E-state index in [2.05, 4.69) is 0 Å². The monoisotopic (exact) mass is 400 g/mol. The van der Waals surface area contributed by atoms with Gasteiger partial charge < -0.3 is 50.6 Å². The molecule has 0 aliphatic carbocycles. The van der Waals surface area contributed by atoms with Gasteiger partial charge >= 0.3 is 39.0 Å². The summed E-state index contributed by atoms with van der Waals surface area (Å²) in [5, 5.41) is 35.6. The molecule has 10 nitrogen and oxygen atoms in total. The Morgan fingerprint density at radius 1 is 0.500 bits per heavy atom. The van der Waals surface area contributed by atoms with Crippen molar-refractivity contribution in [3.05, 3.63) is 0 Å². The molecule has 0 bridgehead atoms. The molecule has 0 rings (SSSR count). The second kappa shape index (κ2) is 43.0. The molecule has 0 atom stereocenters. The van der Waals surface area contributed by atoms with E-state index in [0.29, 0.717) is 0 Å². The van der Waals surface area contributed by atoms with Crippen LogP contribution in [0.15, 0.2) is 0 Å². The minimum atomic E-state index is -1.08. The number of carboxylic acid groups (broad SMARTS) is 4. The van der Waals surface area contributed by atoms with Crippen LogP contribution in [0.4, 0.5) is 0 Å². The minimum Gasteiger partial charge on any atom is -0.550 e. The fourth-order valence-electron chi connectivity index (χ4n) is 0. The largest absolute Gasteiger partial charge is 2.00 e. The molecule has 0 aromatic rings. The van der Waals surface area contributed by atoms with Crippen molar-refractivity contribution < 1.29 is 89.5 Å². The molecule has 0 heterocycles. The molecule has 0 saturated carbocycles. The van der Waals surface area contributed by atoms with Gasteiger partial charge in [0.1, 0.15) is 0 Å². The van der Waals surface area contributed by atoms with Crippen molar-refractivity contribution in [3.63, 3.8) is 0 Å². The fourth-order valence-corrected chi connectivity index (χ4v) is 0. The van der Waals surface area contributed by atoms with Crippen LogP contribution in [0.1, 0.15) is 27.7 Å². The maximum absolute atomic E-state index is 8.89. The van der Waals surface area contributed by atoms with E-state index in [-0.39, 0.29) is 49.9 Å². The van der Waals surface area contributed by atoms with Crippen molar-refractivity contribution in [1.82, 2.24) is 0 Å². The quantitative estimate of drug-likeness (QED) is 0.353. The zero-order valence-electron chi connectivity index (χ0n) is 11.7. The van der Waals surface area contributed by atoms with Crippen molar-refractivity contribution in [2.24, 2.45) is 0 Å². The Kier molecular flexibility index (Phi) is 109. The van der Waals surface area contributed by atoms with Crippen LogP contribution in [0.2, 0.25) is 0 Å². The van der Waals surface area contributed by atoms with Crippen LogP contribution in [0.3, 0.4) is 0 Å². The molecule has 0 radical (unpaired) electrons. The van der Waals surface area contributed by atoms with Gasteiger partial charge in [-0.1, -0.05) is 0 Å². The maximum Gasteiger partial charge on any atom is 2.00 e. The molecule has 12 heteroatoms. The zero-order chi connectivity index (χ0) is 14.3. The summed E-state index contributed by atoms with van der Waals surface area (Å²) in [5.41, 5.74) is 0. The van der Waals surface area contributed by atoms with Crippen LogP contribution >= 0.6 is 0 Å². The van der Waals surface area contributed by atoms with E-state index in [1.807, 2.05) is 0 Å². The van der Waals surface area contributed by atoms with E-state index < -0.39 is 23.9 Å². The third kappa shape index (κ3) is 4830. The topological polar surface area (TPSA) is 224 Å². The summed E-state index contributed by atoms with van der Waals surface area (Å²) in [6, 6.07) is 0. The molecule has 0 aliphatic rings. The summed E-state index contributed by atoms with van der Waals surface area (Å²) in [4.78, 5) is 35.6. The molecule has 0 spiro atoms. The van der Waals surface area contributed by atoms with E-state index in [0.717, 1.165) is 27.7 Å². The molecule has 0 amide bonds. The normalized spacial score (nSPS) is 5.00. The number of aliphatic carboxylic acids is 4. The second-order valence-electron chi connectivity index (χ2n) is 1.97. The van der Waals surface area contributed by atoms with E-state index >= 15 is 0 Å². The van der Waals surface area contributed by atoms with Gasteiger partial charge in [-0.3, -0.25) is 0 Å². The molecular weight excluding hydrogens is 387 g/mol. The van der Waals surface area contributed by atoms with Crippen molar-refractivity contribution in [2.45, 2.75) is 27.7 Å². The summed E-state index contributed by atoms with van der Waals surface area (Å²) in [7, 11) is 0. The Hall–Kier alpha value is -0.953. The maximum atomic E-state index is 8.89. The van der Waals surface area contributed by atoms with Gasteiger partial charge in [0.25, 0.3) is 0 Å². The third-order valence-corrected chi connectivity index (χ3v) is 0. The summed E-state index contributed by atoms with van der Waals surface area (Å²) >= 11 is 0. The molecule has 4 N–H and O–H groups in total. The molecule has 0 fully saturated rings. The van der Waals surface area contributed by atoms with Gasteiger partial charge in [0.15, 0.2) is 0 Å². The number of carboxylic acids is 4. The fraction of sp³-hybridized carbons (Fsp3) is 0.500. The molecule has 0 aliphatic heterocycles. The predicted octanol–water partition coefficient (Wildman–Crippen LogP) is -6.63. The number of carbonyl (C=O) groups excluding carboxylic acids is 4. The first-order valence-corrected chi connectivity index (χ1v) is 3.63. The number of rotatable bonds is 0. The van der Waals surface area contributed by atoms with Crippen LogP contribution in [0.25, 0.3) is 0 Å². The Labute approximate surface area is 141 Å². The number of carbonyl (C=O) groups is 4. The van der Waals surface area contributed by atoms with Crippen LogP contribution < -0.4 is 20.4 Å². The molecule has 0 aromatic carbocycles. The molecule has 0 aromatic heterocycles. The zero-order valence-corrected chi connectivity index (χ0v) is 17.6. The molecular formula is C8H16O10Zn2. The van der Waals surface area contributed by atoms with Crippen LogP contribution in [-0.2, 0) is 58.1 Å². The molecule has 0 unspecified atom stereocenters. The summed E-state index contributed by atoms with van der Waals surface area (Å²) in [5.74, 6) is -4.33. The van der Waals surface area contributed by atoms with E-state index in [1.54, 1.807) is 0 Å². The van der Waals surface area contributed by atoms with Gasteiger partial charge in [0.2, 0.25) is 0 Å². The first-order chi connectivity index (χ1) is 6.93. The number of hydrogen-bond acceptors (Lipinski definition) is 8. The van der Waals surface area contributed by atoms with Gasteiger partial charge in [-0.25, -0.2) is 0 Å². The number of hydrogen-bond donors (Lipinski definition) is 0. The Morgan fingerprint density at radius 3 is 0.500 bits per heavy atom. The van der Waals surface area contributed by atoms with E-state index in [1.165, 1.54) is 0 Å². The Balaban J connectivity index is -0.0000000150. The van der Waals surface area contributed by atoms with Crippen molar-refractivity contribution in [3.8, 4) is 0 Å².